The second kappa shape index (κ2) is 8.01. The van der Waals surface area contributed by atoms with Gasteiger partial charge in [0.15, 0.2) is 0 Å². The van der Waals surface area contributed by atoms with Crippen LogP contribution in [-0.4, -0.2) is 52.8 Å². The zero-order chi connectivity index (χ0) is 23.4. The number of benzene rings is 1. The standard InChI is InChI=1S/C27H25N7O/c35-27(21-5-6-21)32-11-8-18(15-32)16-34-24-7-9-28-14-23(24)31-26(34)20-3-1-19(2-4-20)22-13-25-29-10-12-33(25)17-30-22/h1-4,7,9-10,12-14,17-18,21H,5-6,8,11,15-16H2/t18-/m0/s1. The highest BCUT2D eigenvalue weighted by molar-refractivity contribution is 5.82. The van der Waals surface area contributed by atoms with Crippen LogP contribution in [0.1, 0.15) is 19.3 Å². The molecule has 1 saturated carbocycles. The lowest BCUT2D eigenvalue weighted by Gasteiger charge is -2.18. The Labute approximate surface area is 202 Å². The van der Waals surface area contributed by atoms with E-state index in [-0.39, 0.29) is 5.92 Å². The Morgan fingerprint density at radius 1 is 1.00 bits per heavy atom. The van der Waals surface area contributed by atoms with Crippen molar-refractivity contribution in [2.75, 3.05) is 13.1 Å². The highest BCUT2D eigenvalue weighted by atomic mass is 16.2. The number of aromatic nitrogens is 6. The predicted octanol–water partition coefficient (Wildman–Crippen LogP) is 4.07. The maximum Gasteiger partial charge on any atom is 0.225 e. The van der Waals surface area contributed by atoms with E-state index < -0.39 is 0 Å². The van der Waals surface area contributed by atoms with Gasteiger partial charge in [-0.2, -0.15) is 0 Å². The minimum Gasteiger partial charge on any atom is -0.342 e. The van der Waals surface area contributed by atoms with Gasteiger partial charge in [0.05, 0.1) is 17.4 Å². The minimum absolute atomic E-state index is 0.284. The molecule has 35 heavy (non-hydrogen) atoms. The van der Waals surface area contributed by atoms with E-state index in [0.717, 1.165) is 78.2 Å². The zero-order valence-corrected chi connectivity index (χ0v) is 19.3. The van der Waals surface area contributed by atoms with Crippen LogP contribution in [0.3, 0.4) is 0 Å². The molecule has 7 rings (SSSR count). The van der Waals surface area contributed by atoms with Crippen LogP contribution in [0.4, 0.5) is 0 Å². The van der Waals surface area contributed by atoms with Crippen LogP contribution in [0.2, 0.25) is 0 Å². The second-order valence-corrected chi connectivity index (χ2v) is 9.67. The molecule has 8 heteroatoms. The van der Waals surface area contributed by atoms with Crippen LogP contribution in [0, 0.1) is 11.8 Å². The molecule has 4 aromatic heterocycles. The summed E-state index contributed by atoms with van der Waals surface area (Å²) < 4.78 is 4.20. The highest BCUT2D eigenvalue weighted by Crippen LogP contribution is 2.34. The Morgan fingerprint density at radius 3 is 2.71 bits per heavy atom. The summed E-state index contributed by atoms with van der Waals surface area (Å²) in [5.74, 6) is 1.99. The van der Waals surface area contributed by atoms with Crippen molar-refractivity contribution in [2.24, 2.45) is 11.8 Å². The molecule has 0 bridgehead atoms. The van der Waals surface area contributed by atoms with Gasteiger partial charge in [-0.1, -0.05) is 24.3 Å². The molecular formula is C27H25N7O. The van der Waals surface area contributed by atoms with Crippen molar-refractivity contribution in [3.05, 3.63) is 67.5 Å². The monoisotopic (exact) mass is 463 g/mol. The normalized spacial score (nSPS) is 18.1. The first-order chi connectivity index (χ1) is 17.2. The fraction of sp³-hybridized carbons (Fsp3) is 0.296. The number of nitrogens with zero attached hydrogens (tertiary/aromatic N) is 7. The highest BCUT2D eigenvalue weighted by Gasteiger charge is 2.36. The number of carbonyl (C=O) groups is 1. The first-order valence-electron chi connectivity index (χ1n) is 12.2. The van der Waals surface area contributed by atoms with E-state index in [2.05, 4.69) is 48.7 Å². The van der Waals surface area contributed by atoms with Gasteiger partial charge in [-0.05, 0) is 31.2 Å². The van der Waals surface area contributed by atoms with Gasteiger partial charge in [0.1, 0.15) is 23.3 Å². The van der Waals surface area contributed by atoms with Crippen molar-refractivity contribution in [1.82, 2.24) is 33.8 Å². The van der Waals surface area contributed by atoms with E-state index in [9.17, 15) is 4.79 Å². The third kappa shape index (κ3) is 3.65. The SMILES string of the molecule is O=C(C1CC1)N1CC[C@H](Cn2c(-c3ccc(-c4cc5nccn5cn4)cc3)nc3cnccc32)C1. The lowest BCUT2D eigenvalue weighted by Crippen LogP contribution is -2.30. The minimum atomic E-state index is 0.284. The quantitative estimate of drug-likeness (QED) is 0.393. The summed E-state index contributed by atoms with van der Waals surface area (Å²) in [4.78, 5) is 32.8. The smallest absolute Gasteiger partial charge is 0.225 e. The van der Waals surface area contributed by atoms with Crippen molar-refractivity contribution in [3.8, 4) is 22.6 Å². The summed E-state index contributed by atoms with van der Waals surface area (Å²) in [6.07, 6.45) is 12.2. The maximum absolute atomic E-state index is 12.6. The van der Waals surface area contributed by atoms with E-state index in [1.165, 1.54) is 0 Å². The lowest BCUT2D eigenvalue weighted by atomic mass is 10.1. The zero-order valence-electron chi connectivity index (χ0n) is 19.3. The topological polar surface area (TPSA) is 81.2 Å². The Kier molecular flexibility index (Phi) is 4.65. The molecule has 0 spiro atoms. The lowest BCUT2D eigenvalue weighted by molar-refractivity contribution is -0.131. The molecule has 5 aromatic rings. The molecule has 8 nitrogen and oxygen atoms in total. The molecule has 1 aliphatic heterocycles. The molecule has 1 aliphatic carbocycles. The number of hydrogen-bond donors (Lipinski definition) is 0. The fourth-order valence-electron chi connectivity index (χ4n) is 5.18. The summed E-state index contributed by atoms with van der Waals surface area (Å²) >= 11 is 0. The Morgan fingerprint density at radius 2 is 1.86 bits per heavy atom. The van der Waals surface area contributed by atoms with Gasteiger partial charge in [0.2, 0.25) is 5.91 Å². The van der Waals surface area contributed by atoms with Crippen LogP contribution in [0.15, 0.2) is 67.5 Å². The number of carbonyl (C=O) groups excluding carboxylic acids is 1. The summed E-state index contributed by atoms with van der Waals surface area (Å²) in [5, 5.41) is 0. The molecule has 1 saturated heterocycles. The van der Waals surface area contributed by atoms with E-state index in [0.29, 0.717) is 11.8 Å². The molecule has 1 aromatic carbocycles. The molecule has 5 heterocycles. The molecule has 174 valence electrons. The van der Waals surface area contributed by atoms with Gasteiger partial charge < -0.3 is 9.47 Å². The molecule has 0 N–H and O–H groups in total. The van der Waals surface area contributed by atoms with Crippen molar-refractivity contribution >= 4 is 22.6 Å². The fourth-order valence-corrected chi connectivity index (χ4v) is 5.18. The van der Waals surface area contributed by atoms with Gasteiger partial charge in [-0.3, -0.25) is 14.2 Å². The predicted molar refractivity (Wildman–Crippen MR) is 132 cm³/mol. The van der Waals surface area contributed by atoms with Crippen molar-refractivity contribution in [2.45, 2.75) is 25.8 Å². The van der Waals surface area contributed by atoms with Crippen LogP contribution < -0.4 is 0 Å². The third-order valence-corrected chi connectivity index (χ3v) is 7.24. The molecule has 1 atom stereocenters. The van der Waals surface area contributed by atoms with Gasteiger partial charge >= 0.3 is 0 Å². The number of pyridine rings is 1. The Hall–Kier alpha value is -4.07. The van der Waals surface area contributed by atoms with Gasteiger partial charge in [0.25, 0.3) is 0 Å². The summed E-state index contributed by atoms with van der Waals surface area (Å²) in [5.41, 5.74) is 5.82. The van der Waals surface area contributed by atoms with Crippen LogP contribution in [0.25, 0.3) is 39.3 Å². The summed E-state index contributed by atoms with van der Waals surface area (Å²) in [6, 6.07) is 12.4. The van der Waals surface area contributed by atoms with Gasteiger partial charge in [-0.15, -0.1) is 0 Å². The van der Waals surface area contributed by atoms with Crippen molar-refractivity contribution < 1.29 is 4.79 Å². The maximum atomic E-state index is 12.6. The Balaban J connectivity index is 1.19. The summed E-state index contributed by atoms with van der Waals surface area (Å²) in [6.45, 7) is 2.54. The number of fused-ring (bicyclic) bond motifs is 2. The second-order valence-electron chi connectivity index (χ2n) is 9.67. The number of hydrogen-bond acceptors (Lipinski definition) is 5. The van der Waals surface area contributed by atoms with Crippen LogP contribution in [-0.2, 0) is 11.3 Å². The van der Waals surface area contributed by atoms with E-state index >= 15 is 0 Å². The number of rotatable bonds is 5. The number of amides is 1. The number of likely N-dealkylation sites (tertiary alicyclic amines) is 1. The third-order valence-electron chi connectivity index (χ3n) is 7.24. The van der Waals surface area contributed by atoms with Crippen molar-refractivity contribution in [3.63, 3.8) is 0 Å². The average Bonchev–Trinajstić information content (AvgIpc) is 3.30. The van der Waals surface area contributed by atoms with Gasteiger partial charge in [-0.25, -0.2) is 15.0 Å². The number of imidazole rings is 2. The Bertz CT molecular complexity index is 1550. The van der Waals surface area contributed by atoms with E-state index in [1.54, 1.807) is 12.5 Å². The largest absolute Gasteiger partial charge is 0.342 e. The molecule has 2 aliphatic rings. The van der Waals surface area contributed by atoms with Crippen LogP contribution >= 0.6 is 0 Å². The molecule has 0 radical (unpaired) electrons. The molecule has 1 amide bonds. The average molecular weight is 464 g/mol. The summed E-state index contributed by atoms with van der Waals surface area (Å²) in [7, 11) is 0. The van der Waals surface area contributed by atoms with Crippen LogP contribution in [0.5, 0.6) is 0 Å². The first-order valence-corrected chi connectivity index (χ1v) is 12.2. The molecule has 0 unspecified atom stereocenters. The van der Waals surface area contributed by atoms with Gasteiger partial charge in [0, 0.05) is 61.3 Å². The van der Waals surface area contributed by atoms with E-state index in [4.69, 9.17) is 4.98 Å². The molecule has 2 fully saturated rings. The molecular weight excluding hydrogens is 438 g/mol. The van der Waals surface area contributed by atoms with Crippen molar-refractivity contribution in [1.29, 1.82) is 0 Å². The first kappa shape index (κ1) is 20.3. The van der Waals surface area contributed by atoms with E-state index in [1.807, 2.05) is 35.1 Å².